The fourth-order valence-corrected chi connectivity index (χ4v) is 4.61. The molecule has 5 rings (SSSR count). The normalized spacial score (nSPS) is 14.9. The molecule has 1 aliphatic rings. The summed E-state index contributed by atoms with van der Waals surface area (Å²) in [6.07, 6.45) is 2.13. The van der Waals surface area contributed by atoms with Gasteiger partial charge >= 0.3 is 0 Å². The van der Waals surface area contributed by atoms with Crippen LogP contribution in [-0.4, -0.2) is 39.6 Å². The highest BCUT2D eigenvalue weighted by molar-refractivity contribution is 6.02. The van der Waals surface area contributed by atoms with Crippen molar-refractivity contribution in [2.24, 2.45) is 5.73 Å². The molecule has 2 N–H and O–H groups in total. The molecule has 0 saturated heterocycles. The van der Waals surface area contributed by atoms with Gasteiger partial charge in [-0.2, -0.15) is 5.10 Å². The van der Waals surface area contributed by atoms with E-state index in [0.717, 1.165) is 16.7 Å². The van der Waals surface area contributed by atoms with E-state index < -0.39 is 11.9 Å². The van der Waals surface area contributed by atoms with Crippen LogP contribution < -0.4 is 10.5 Å². The number of hydrogen-bond acceptors (Lipinski definition) is 4. The highest BCUT2D eigenvalue weighted by Gasteiger charge is 2.35. The van der Waals surface area contributed by atoms with E-state index in [4.69, 9.17) is 15.6 Å². The zero-order chi connectivity index (χ0) is 24.4. The van der Waals surface area contributed by atoms with Gasteiger partial charge in [-0.1, -0.05) is 66.7 Å². The van der Waals surface area contributed by atoms with Crippen LogP contribution in [0.5, 0.6) is 5.75 Å². The summed E-state index contributed by atoms with van der Waals surface area (Å²) in [5.41, 5.74) is 10.5. The minimum atomic E-state index is -0.736. The molecule has 0 bridgehead atoms. The summed E-state index contributed by atoms with van der Waals surface area (Å²) >= 11 is 0. The zero-order valence-electron chi connectivity index (χ0n) is 19.4. The third-order valence-corrected chi connectivity index (χ3v) is 6.38. The van der Waals surface area contributed by atoms with Crippen LogP contribution in [0.3, 0.4) is 0 Å². The van der Waals surface area contributed by atoms with Crippen LogP contribution >= 0.6 is 0 Å². The van der Waals surface area contributed by atoms with Crippen molar-refractivity contribution < 1.29 is 14.3 Å². The monoisotopic (exact) mass is 466 g/mol. The molecule has 7 heteroatoms. The van der Waals surface area contributed by atoms with E-state index >= 15 is 0 Å². The Morgan fingerprint density at radius 2 is 1.66 bits per heavy atom. The van der Waals surface area contributed by atoms with Crippen LogP contribution in [0.2, 0.25) is 0 Å². The van der Waals surface area contributed by atoms with Crippen molar-refractivity contribution in [3.63, 3.8) is 0 Å². The molecule has 4 aromatic rings. The Balaban J connectivity index is 1.59. The number of hydrogen-bond donors (Lipinski definition) is 1. The Kier molecular flexibility index (Phi) is 6.06. The van der Waals surface area contributed by atoms with Crippen molar-refractivity contribution in [3.05, 3.63) is 107 Å². The van der Waals surface area contributed by atoms with Gasteiger partial charge in [-0.25, -0.2) is 0 Å². The minimum Gasteiger partial charge on any atom is -0.496 e. The molecular weight excluding hydrogens is 440 g/mol. The van der Waals surface area contributed by atoms with Crippen LogP contribution in [0.4, 0.5) is 0 Å². The molecular formula is C28H26N4O3. The van der Waals surface area contributed by atoms with Crippen molar-refractivity contribution in [1.29, 1.82) is 0 Å². The summed E-state index contributed by atoms with van der Waals surface area (Å²) in [4.78, 5) is 28.0. The van der Waals surface area contributed by atoms with Gasteiger partial charge in [0.25, 0.3) is 5.91 Å². The lowest BCUT2D eigenvalue weighted by Gasteiger charge is -2.35. The summed E-state index contributed by atoms with van der Waals surface area (Å²) in [6, 6.07) is 24.5. The van der Waals surface area contributed by atoms with Crippen molar-refractivity contribution in [3.8, 4) is 17.0 Å². The molecule has 1 aromatic heterocycles. The Bertz CT molecular complexity index is 1380. The van der Waals surface area contributed by atoms with Crippen molar-refractivity contribution in [1.82, 2.24) is 14.7 Å². The number of carbonyl (C=O) groups is 2. The smallest absolute Gasteiger partial charge is 0.258 e. The third kappa shape index (κ3) is 4.40. The van der Waals surface area contributed by atoms with E-state index in [1.165, 1.54) is 0 Å². The predicted octanol–water partition coefficient (Wildman–Crippen LogP) is 3.66. The summed E-state index contributed by atoms with van der Waals surface area (Å²) in [6.45, 7) is 0.802. The summed E-state index contributed by atoms with van der Waals surface area (Å²) in [7, 11) is 1.59. The zero-order valence-corrected chi connectivity index (χ0v) is 19.4. The van der Waals surface area contributed by atoms with Gasteiger partial charge in [0.1, 0.15) is 17.5 Å². The van der Waals surface area contributed by atoms with Crippen LogP contribution in [0.25, 0.3) is 11.3 Å². The fraction of sp³-hybridized carbons (Fsp3) is 0.179. The first kappa shape index (κ1) is 22.4. The lowest BCUT2D eigenvalue weighted by Crippen LogP contribution is -2.51. The first-order valence-electron chi connectivity index (χ1n) is 11.5. The van der Waals surface area contributed by atoms with E-state index in [9.17, 15) is 9.59 Å². The number of nitrogens with zero attached hydrogens (tertiary/aromatic N) is 3. The molecule has 1 atom stereocenters. The van der Waals surface area contributed by atoms with Crippen molar-refractivity contribution >= 4 is 11.8 Å². The van der Waals surface area contributed by atoms with E-state index in [1.54, 1.807) is 22.9 Å². The first-order chi connectivity index (χ1) is 17.0. The van der Waals surface area contributed by atoms with Gasteiger partial charge in [-0.3, -0.25) is 14.3 Å². The predicted molar refractivity (Wildman–Crippen MR) is 133 cm³/mol. The molecule has 0 radical (unpaired) electrons. The van der Waals surface area contributed by atoms with Gasteiger partial charge in [0.2, 0.25) is 5.91 Å². The molecule has 0 unspecified atom stereocenters. The van der Waals surface area contributed by atoms with Gasteiger partial charge < -0.3 is 15.4 Å². The molecule has 2 heterocycles. The minimum absolute atomic E-state index is 0.288. The molecule has 7 nitrogen and oxygen atoms in total. The topological polar surface area (TPSA) is 90.5 Å². The number of carbonyl (C=O) groups excluding carboxylic acids is 2. The Morgan fingerprint density at radius 3 is 2.40 bits per heavy atom. The lowest BCUT2D eigenvalue weighted by atomic mass is 9.92. The molecule has 0 aliphatic carbocycles. The van der Waals surface area contributed by atoms with Crippen LogP contribution in [-0.2, 0) is 24.3 Å². The van der Waals surface area contributed by atoms with E-state index in [2.05, 4.69) is 0 Å². The average molecular weight is 467 g/mol. The largest absolute Gasteiger partial charge is 0.496 e. The quantitative estimate of drug-likeness (QED) is 0.470. The van der Waals surface area contributed by atoms with E-state index in [0.29, 0.717) is 42.1 Å². The molecule has 2 amide bonds. The standard InChI is InChI=1S/C28H26N4O3/c1-35-25-14-8-7-13-22(25)26-23(18-31(30-26)16-19-9-3-2-4-10-19)28(34)32-17-21-12-6-5-11-20(21)15-24(32)27(29)33/h2-14,18,24H,15-17H2,1H3,(H2,29,33)/t24-/m0/s1. The number of rotatable bonds is 6. The third-order valence-electron chi connectivity index (χ3n) is 6.38. The van der Waals surface area contributed by atoms with Gasteiger partial charge in [0.15, 0.2) is 0 Å². The van der Waals surface area contributed by atoms with Crippen molar-refractivity contribution in [2.75, 3.05) is 7.11 Å². The van der Waals surface area contributed by atoms with Crippen LogP contribution in [0.15, 0.2) is 85.1 Å². The number of primary amides is 1. The van der Waals surface area contributed by atoms with E-state index in [1.807, 2.05) is 78.9 Å². The second kappa shape index (κ2) is 9.46. The molecule has 0 saturated carbocycles. The number of nitrogens with two attached hydrogens (primary N) is 1. The van der Waals surface area contributed by atoms with Gasteiger partial charge in [0, 0.05) is 24.7 Å². The van der Waals surface area contributed by atoms with Crippen LogP contribution in [0, 0.1) is 0 Å². The number of fused-ring (bicyclic) bond motifs is 1. The summed E-state index contributed by atoms with van der Waals surface area (Å²) in [5, 5.41) is 4.79. The number of aromatic nitrogens is 2. The molecule has 0 fully saturated rings. The molecule has 35 heavy (non-hydrogen) atoms. The molecule has 176 valence electrons. The maximum Gasteiger partial charge on any atom is 0.258 e. The van der Waals surface area contributed by atoms with Gasteiger partial charge in [0.05, 0.1) is 19.2 Å². The number of benzene rings is 3. The van der Waals surface area contributed by atoms with Gasteiger partial charge in [-0.05, 0) is 28.8 Å². The SMILES string of the molecule is COc1ccccc1-c1nn(Cc2ccccc2)cc1C(=O)N1Cc2ccccc2C[C@H]1C(N)=O. The van der Waals surface area contributed by atoms with Gasteiger partial charge in [-0.15, -0.1) is 0 Å². The Morgan fingerprint density at radius 1 is 0.971 bits per heavy atom. The highest BCUT2D eigenvalue weighted by atomic mass is 16.5. The maximum atomic E-state index is 14.0. The van der Waals surface area contributed by atoms with Crippen LogP contribution in [0.1, 0.15) is 27.0 Å². The Hall–Kier alpha value is -4.39. The second-order valence-corrected chi connectivity index (χ2v) is 8.60. The summed E-state index contributed by atoms with van der Waals surface area (Å²) in [5.74, 6) is -0.200. The number of methoxy groups -OCH3 is 1. The second-order valence-electron chi connectivity index (χ2n) is 8.60. The molecule has 3 aromatic carbocycles. The number of ether oxygens (including phenoxy) is 1. The Labute approximate surface area is 203 Å². The highest BCUT2D eigenvalue weighted by Crippen LogP contribution is 2.33. The summed E-state index contributed by atoms with van der Waals surface area (Å²) < 4.78 is 7.32. The lowest BCUT2D eigenvalue weighted by molar-refractivity contribution is -0.122. The molecule has 1 aliphatic heterocycles. The maximum absolute atomic E-state index is 14.0. The number of para-hydroxylation sites is 1. The van der Waals surface area contributed by atoms with E-state index in [-0.39, 0.29) is 5.91 Å². The average Bonchev–Trinajstić information content (AvgIpc) is 3.31. The molecule has 0 spiro atoms. The number of amides is 2. The van der Waals surface area contributed by atoms with Crippen molar-refractivity contribution in [2.45, 2.75) is 25.6 Å². The fourth-order valence-electron chi connectivity index (χ4n) is 4.61. The first-order valence-corrected chi connectivity index (χ1v) is 11.5.